The van der Waals surface area contributed by atoms with Crippen molar-refractivity contribution in [2.24, 2.45) is 0 Å². The average molecular weight is 310 g/mol. The van der Waals surface area contributed by atoms with E-state index in [0.29, 0.717) is 17.6 Å². The number of amides is 1. The van der Waals surface area contributed by atoms with E-state index in [1.54, 1.807) is 0 Å². The quantitative estimate of drug-likeness (QED) is 0.879. The minimum atomic E-state index is 0.0285. The van der Waals surface area contributed by atoms with Crippen molar-refractivity contribution >= 4 is 23.2 Å². The third-order valence-corrected chi connectivity index (χ3v) is 4.53. The van der Waals surface area contributed by atoms with Gasteiger partial charge < -0.3 is 10.6 Å². The molecular formula is C16H24ClN3O. The van der Waals surface area contributed by atoms with Crippen LogP contribution in [-0.2, 0) is 4.79 Å². The Kier molecular flexibility index (Phi) is 6.03. The number of nitrogens with zero attached hydrogens (tertiary/aromatic N) is 1. The Morgan fingerprint density at radius 1 is 1.43 bits per heavy atom. The predicted octanol–water partition coefficient (Wildman–Crippen LogP) is 2.66. The molecule has 21 heavy (non-hydrogen) atoms. The molecule has 0 aromatic heterocycles. The number of hydrogen-bond acceptors (Lipinski definition) is 3. The highest BCUT2D eigenvalue weighted by atomic mass is 35.5. The van der Waals surface area contributed by atoms with Crippen LogP contribution in [0, 0.1) is 6.92 Å². The van der Waals surface area contributed by atoms with Gasteiger partial charge >= 0.3 is 0 Å². The molecule has 1 aromatic rings. The molecule has 0 unspecified atom stereocenters. The summed E-state index contributed by atoms with van der Waals surface area (Å²) >= 11 is 6.08. The lowest BCUT2D eigenvalue weighted by Gasteiger charge is -2.33. The predicted molar refractivity (Wildman–Crippen MR) is 88.0 cm³/mol. The SMILES string of the molecule is CCN(CC(=O)Nc1cccc(Cl)c1C)C1CCNCC1. The van der Waals surface area contributed by atoms with Crippen LogP contribution in [0.25, 0.3) is 0 Å². The summed E-state index contributed by atoms with van der Waals surface area (Å²) in [6.07, 6.45) is 2.22. The van der Waals surface area contributed by atoms with Crippen molar-refractivity contribution in [1.82, 2.24) is 10.2 Å². The van der Waals surface area contributed by atoms with Crippen LogP contribution >= 0.6 is 11.6 Å². The fourth-order valence-corrected chi connectivity index (χ4v) is 2.96. The van der Waals surface area contributed by atoms with Crippen molar-refractivity contribution in [2.45, 2.75) is 32.7 Å². The third kappa shape index (κ3) is 4.43. The third-order valence-electron chi connectivity index (χ3n) is 4.12. The van der Waals surface area contributed by atoms with Crippen LogP contribution in [0.3, 0.4) is 0 Å². The molecule has 1 aliphatic heterocycles. The Morgan fingerprint density at radius 2 is 2.14 bits per heavy atom. The first-order chi connectivity index (χ1) is 10.1. The van der Waals surface area contributed by atoms with Gasteiger partial charge in [0.2, 0.25) is 5.91 Å². The van der Waals surface area contributed by atoms with E-state index < -0.39 is 0 Å². The molecule has 5 heteroatoms. The Labute approximate surface area is 131 Å². The number of nitrogens with one attached hydrogen (secondary N) is 2. The molecule has 1 heterocycles. The Morgan fingerprint density at radius 3 is 2.81 bits per heavy atom. The van der Waals surface area contributed by atoms with Crippen molar-refractivity contribution in [3.63, 3.8) is 0 Å². The van der Waals surface area contributed by atoms with E-state index in [1.165, 1.54) is 0 Å². The van der Waals surface area contributed by atoms with Crippen LogP contribution in [0.2, 0.25) is 5.02 Å². The van der Waals surface area contributed by atoms with E-state index >= 15 is 0 Å². The first-order valence-electron chi connectivity index (χ1n) is 7.61. The van der Waals surface area contributed by atoms with E-state index in [4.69, 9.17) is 11.6 Å². The van der Waals surface area contributed by atoms with Crippen LogP contribution in [0.4, 0.5) is 5.69 Å². The zero-order chi connectivity index (χ0) is 15.2. The Bertz CT molecular complexity index is 486. The summed E-state index contributed by atoms with van der Waals surface area (Å²) in [6.45, 7) is 7.44. The lowest BCUT2D eigenvalue weighted by molar-refractivity contribution is -0.118. The highest BCUT2D eigenvalue weighted by Gasteiger charge is 2.21. The molecule has 1 aliphatic rings. The number of carbonyl (C=O) groups is 1. The van der Waals surface area contributed by atoms with E-state index in [-0.39, 0.29) is 5.91 Å². The summed E-state index contributed by atoms with van der Waals surface area (Å²) in [5.74, 6) is 0.0285. The van der Waals surface area contributed by atoms with Gasteiger partial charge in [-0.3, -0.25) is 9.69 Å². The molecule has 1 saturated heterocycles. The molecular weight excluding hydrogens is 286 g/mol. The second-order valence-corrected chi connectivity index (χ2v) is 5.91. The number of hydrogen-bond donors (Lipinski definition) is 2. The lowest BCUT2D eigenvalue weighted by atomic mass is 10.0. The molecule has 2 N–H and O–H groups in total. The van der Waals surface area contributed by atoms with Crippen molar-refractivity contribution < 1.29 is 4.79 Å². The van der Waals surface area contributed by atoms with Crippen molar-refractivity contribution in [3.8, 4) is 0 Å². The average Bonchev–Trinajstić information content (AvgIpc) is 2.50. The number of benzene rings is 1. The molecule has 0 saturated carbocycles. The fourth-order valence-electron chi connectivity index (χ4n) is 2.79. The topological polar surface area (TPSA) is 44.4 Å². The van der Waals surface area contributed by atoms with Gasteiger partial charge in [0.25, 0.3) is 0 Å². The lowest BCUT2D eigenvalue weighted by Crippen LogP contribution is -2.46. The van der Waals surface area contributed by atoms with Crippen LogP contribution in [0.5, 0.6) is 0 Å². The van der Waals surface area contributed by atoms with Gasteiger partial charge in [-0.25, -0.2) is 0 Å². The van der Waals surface area contributed by atoms with Crippen LogP contribution in [0.15, 0.2) is 18.2 Å². The Balaban J connectivity index is 1.94. The molecule has 116 valence electrons. The molecule has 2 rings (SSSR count). The number of likely N-dealkylation sites (N-methyl/N-ethyl adjacent to an activating group) is 1. The maximum atomic E-state index is 12.3. The summed E-state index contributed by atoms with van der Waals surface area (Å²) in [4.78, 5) is 14.5. The van der Waals surface area contributed by atoms with Gasteiger partial charge in [0.15, 0.2) is 0 Å². The van der Waals surface area contributed by atoms with E-state index in [9.17, 15) is 4.79 Å². The molecule has 1 amide bonds. The van der Waals surface area contributed by atoms with Gasteiger partial charge in [0, 0.05) is 16.8 Å². The van der Waals surface area contributed by atoms with Crippen molar-refractivity contribution in [3.05, 3.63) is 28.8 Å². The monoisotopic (exact) mass is 309 g/mol. The molecule has 1 aromatic carbocycles. The molecule has 1 fully saturated rings. The second-order valence-electron chi connectivity index (χ2n) is 5.50. The van der Waals surface area contributed by atoms with Crippen LogP contribution in [-0.4, -0.2) is 43.0 Å². The van der Waals surface area contributed by atoms with Crippen LogP contribution in [0.1, 0.15) is 25.3 Å². The summed E-state index contributed by atoms with van der Waals surface area (Å²) < 4.78 is 0. The van der Waals surface area contributed by atoms with Gasteiger partial charge in [-0.2, -0.15) is 0 Å². The normalized spacial score (nSPS) is 16.2. The fraction of sp³-hybridized carbons (Fsp3) is 0.562. The minimum absolute atomic E-state index is 0.0285. The first-order valence-corrected chi connectivity index (χ1v) is 7.99. The summed E-state index contributed by atoms with van der Waals surface area (Å²) in [7, 11) is 0. The standard InChI is InChI=1S/C16H24ClN3O/c1-3-20(13-7-9-18-10-8-13)11-16(21)19-15-6-4-5-14(17)12(15)2/h4-6,13,18H,3,7-11H2,1-2H3,(H,19,21). The summed E-state index contributed by atoms with van der Waals surface area (Å²) in [5, 5.41) is 7.01. The number of rotatable bonds is 5. The second kappa shape index (κ2) is 7.78. The Hall–Kier alpha value is -1.10. The summed E-state index contributed by atoms with van der Waals surface area (Å²) in [6, 6.07) is 6.08. The van der Waals surface area contributed by atoms with Gasteiger partial charge in [-0.1, -0.05) is 24.6 Å². The smallest absolute Gasteiger partial charge is 0.238 e. The highest BCUT2D eigenvalue weighted by molar-refractivity contribution is 6.31. The van der Waals surface area contributed by atoms with Gasteiger partial charge in [0.1, 0.15) is 0 Å². The van der Waals surface area contributed by atoms with E-state index in [1.807, 2.05) is 25.1 Å². The maximum Gasteiger partial charge on any atom is 0.238 e. The van der Waals surface area contributed by atoms with E-state index in [2.05, 4.69) is 22.5 Å². The molecule has 0 atom stereocenters. The molecule has 0 radical (unpaired) electrons. The molecule has 0 spiro atoms. The van der Waals surface area contributed by atoms with E-state index in [0.717, 1.165) is 43.7 Å². The number of halogens is 1. The number of anilines is 1. The maximum absolute atomic E-state index is 12.3. The zero-order valence-electron chi connectivity index (χ0n) is 12.8. The largest absolute Gasteiger partial charge is 0.325 e. The summed E-state index contributed by atoms with van der Waals surface area (Å²) in [5.41, 5.74) is 1.71. The van der Waals surface area contributed by atoms with Gasteiger partial charge in [-0.05, 0) is 57.1 Å². The van der Waals surface area contributed by atoms with Gasteiger partial charge in [0.05, 0.1) is 6.54 Å². The highest BCUT2D eigenvalue weighted by Crippen LogP contribution is 2.23. The number of piperidine rings is 1. The van der Waals surface area contributed by atoms with Crippen molar-refractivity contribution in [1.29, 1.82) is 0 Å². The molecule has 0 aliphatic carbocycles. The first kappa shape index (κ1) is 16.3. The minimum Gasteiger partial charge on any atom is -0.325 e. The molecule has 0 bridgehead atoms. The van der Waals surface area contributed by atoms with Gasteiger partial charge in [-0.15, -0.1) is 0 Å². The van der Waals surface area contributed by atoms with Crippen LogP contribution < -0.4 is 10.6 Å². The molecule has 4 nitrogen and oxygen atoms in total. The van der Waals surface area contributed by atoms with Crippen molar-refractivity contribution in [2.75, 3.05) is 31.5 Å². The number of carbonyl (C=O) groups excluding carboxylic acids is 1. The zero-order valence-corrected chi connectivity index (χ0v) is 13.5.